The zero-order valence-corrected chi connectivity index (χ0v) is 8.52. The van der Waals surface area contributed by atoms with E-state index >= 15 is 0 Å². The summed E-state index contributed by atoms with van der Waals surface area (Å²) in [5.41, 5.74) is 0.0347. The summed E-state index contributed by atoms with van der Waals surface area (Å²) in [5, 5.41) is 12.3. The van der Waals surface area contributed by atoms with E-state index in [1.165, 1.54) is 12.3 Å². The van der Waals surface area contributed by atoms with E-state index in [1.54, 1.807) is 0 Å². The zero-order valence-electron chi connectivity index (χ0n) is 8.52. The van der Waals surface area contributed by atoms with Crippen LogP contribution >= 0.6 is 0 Å². The Morgan fingerprint density at radius 3 is 2.71 bits per heavy atom. The number of rotatable bonds is 2. The molecule has 14 heavy (non-hydrogen) atoms. The third-order valence-electron chi connectivity index (χ3n) is 1.41. The lowest BCUT2D eigenvalue weighted by molar-refractivity contribution is 0.182. The van der Waals surface area contributed by atoms with Crippen molar-refractivity contribution < 1.29 is 14.6 Å². The van der Waals surface area contributed by atoms with Crippen LogP contribution in [-0.2, 0) is 0 Å². The molecule has 5 heteroatoms. The van der Waals surface area contributed by atoms with Crippen LogP contribution in [0.15, 0.2) is 12.3 Å². The van der Waals surface area contributed by atoms with Crippen LogP contribution in [0, 0.1) is 5.41 Å². The largest absolute Gasteiger partial charge is 0.476 e. The molecule has 0 unspecified atom stereocenters. The maximum absolute atomic E-state index is 10.5. The Labute approximate surface area is 82.3 Å². The van der Waals surface area contributed by atoms with E-state index in [4.69, 9.17) is 9.84 Å². The van der Waals surface area contributed by atoms with Gasteiger partial charge in [-0.1, -0.05) is 20.8 Å². The second-order valence-electron chi connectivity index (χ2n) is 4.23. The van der Waals surface area contributed by atoms with Gasteiger partial charge in [0, 0.05) is 12.3 Å². The van der Waals surface area contributed by atoms with Crippen LogP contribution in [0.5, 0.6) is 5.88 Å². The quantitative estimate of drug-likeness (QED) is 0.787. The fraction of sp³-hybridized carbons (Fsp3) is 0.556. The van der Waals surface area contributed by atoms with Crippen LogP contribution in [0.25, 0.3) is 0 Å². The van der Waals surface area contributed by atoms with E-state index < -0.39 is 6.09 Å². The SMILES string of the molecule is CC(C)(C)COc1ccn(C(=O)O)n1. The smallest absolute Gasteiger partial charge is 0.432 e. The number of carbonyl (C=O) groups is 1. The number of carboxylic acid groups (broad SMARTS) is 1. The van der Waals surface area contributed by atoms with Gasteiger partial charge in [0.15, 0.2) is 0 Å². The van der Waals surface area contributed by atoms with Gasteiger partial charge in [0.25, 0.3) is 0 Å². The predicted molar refractivity (Wildman–Crippen MR) is 50.6 cm³/mol. The first-order valence-electron chi connectivity index (χ1n) is 4.30. The molecule has 0 aliphatic heterocycles. The molecule has 5 nitrogen and oxygen atoms in total. The van der Waals surface area contributed by atoms with Crippen molar-refractivity contribution in [3.63, 3.8) is 0 Å². The Hall–Kier alpha value is -1.52. The monoisotopic (exact) mass is 198 g/mol. The number of hydrogen-bond donors (Lipinski definition) is 1. The second-order valence-corrected chi connectivity index (χ2v) is 4.23. The second kappa shape index (κ2) is 3.69. The average Bonchev–Trinajstić information content (AvgIpc) is 2.47. The van der Waals surface area contributed by atoms with Crippen molar-refractivity contribution in [3.8, 4) is 5.88 Å². The van der Waals surface area contributed by atoms with Crippen LogP contribution in [0.4, 0.5) is 4.79 Å². The van der Waals surface area contributed by atoms with Crippen molar-refractivity contribution in [1.29, 1.82) is 0 Å². The van der Waals surface area contributed by atoms with E-state index in [9.17, 15) is 4.79 Å². The lowest BCUT2D eigenvalue weighted by Crippen LogP contribution is -2.17. The van der Waals surface area contributed by atoms with E-state index in [0.717, 1.165) is 4.68 Å². The van der Waals surface area contributed by atoms with Crippen molar-refractivity contribution in [3.05, 3.63) is 12.3 Å². The summed E-state index contributed by atoms with van der Waals surface area (Å²) in [6.45, 7) is 6.59. The lowest BCUT2D eigenvalue weighted by Gasteiger charge is -2.17. The summed E-state index contributed by atoms with van der Waals surface area (Å²) < 4.78 is 6.12. The Kier molecular flexibility index (Phi) is 2.78. The van der Waals surface area contributed by atoms with Gasteiger partial charge in [-0.15, -0.1) is 5.10 Å². The molecule has 0 fully saturated rings. The van der Waals surface area contributed by atoms with Crippen molar-refractivity contribution in [2.75, 3.05) is 6.61 Å². The van der Waals surface area contributed by atoms with Gasteiger partial charge in [-0.05, 0) is 5.41 Å². The average molecular weight is 198 g/mol. The van der Waals surface area contributed by atoms with Gasteiger partial charge in [-0.3, -0.25) is 0 Å². The first-order valence-corrected chi connectivity index (χ1v) is 4.30. The molecule has 1 heterocycles. The molecule has 0 bridgehead atoms. The normalized spacial score (nSPS) is 11.4. The number of aromatic nitrogens is 2. The summed E-state index contributed by atoms with van der Waals surface area (Å²) in [5.74, 6) is 0.335. The standard InChI is InChI=1S/C9H14N2O3/c1-9(2,3)6-14-7-4-5-11(10-7)8(12)13/h4-5H,6H2,1-3H3,(H,12,13). The van der Waals surface area contributed by atoms with Gasteiger partial charge >= 0.3 is 6.09 Å². The van der Waals surface area contributed by atoms with Gasteiger partial charge in [-0.2, -0.15) is 4.68 Å². The zero-order chi connectivity index (χ0) is 10.8. The van der Waals surface area contributed by atoms with Gasteiger partial charge in [-0.25, -0.2) is 4.79 Å². The fourth-order valence-electron chi connectivity index (χ4n) is 0.781. The van der Waals surface area contributed by atoms with E-state index in [2.05, 4.69) is 5.10 Å². The van der Waals surface area contributed by atoms with Crippen molar-refractivity contribution in [2.45, 2.75) is 20.8 Å². The van der Waals surface area contributed by atoms with E-state index in [0.29, 0.717) is 12.5 Å². The van der Waals surface area contributed by atoms with E-state index in [1.807, 2.05) is 20.8 Å². The summed E-state index contributed by atoms with van der Waals surface area (Å²) in [6, 6.07) is 1.53. The molecule has 1 aromatic rings. The highest BCUT2D eigenvalue weighted by atomic mass is 16.5. The summed E-state index contributed by atoms with van der Waals surface area (Å²) in [7, 11) is 0. The van der Waals surface area contributed by atoms with Crippen LogP contribution in [0.2, 0.25) is 0 Å². The van der Waals surface area contributed by atoms with Gasteiger partial charge in [0.2, 0.25) is 5.88 Å². The fourth-order valence-corrected chi connectivity index (χ4v) is 0.781. The van der Waals surface area contributed by atoms with Crippen LogP contribution in [0.1, 0.15) is 20.8 Å². The first kappa shape index (κ1) is 10.6. The molecule has 0 saturated carbocycles. The third kappa shape index (κ3) is 3.08. The molecule has 0 saturated heterocycles. The Bertz CT molecular complexity index is 325. The molecular formula is C9H14N2O3. The minimum atomic E-state index is -1.12. The molecule has 0 aliphatic rings. The molecule has 1 aromatic heterocycles. The molecule has 0 aromatic carbocycles. The minimum Gasteiger partial charge on any atom is -0.476 e. The Morgan fingerprint density at radius 1 is 1.64 bits per heavy atom. The van der Waals surface area contributed by atoms with Crippen LogP contribution in [0.3, 0.4) is 0 Å². The number of nitrogens with zero attached hydrogens (tertiary/aromatic N) is 2. The predicted octanol–water partition coefficient (Wildman–Crippen LogP) is 1.83. The molecule has 0 amide bonds. The molecule has 0 aliphatic carbocycles. The highest BCUT2D eigenvalue weighted by Crippen LogP contribution is 2.15. The highest BCUT2D eigenvalue weighted by Gasteiger charge is 2.12. The van der Waals surface area contributed by atoms with Gasteiger partial charge in [0.05, 0.1) is 6.61 Å². The molecule has 0 spiro atoms. The first-order chi connectivity index (χ1) is 6.38. The molecule has 0 radical (unpaired) electrons. The Morgan fingerprint density at radius 2 is 2.29 bits per heavy atom. The summed E-state index contributed by atoms with van der Waals surface area (Å²) in [6.07, 6.45) is 0.232. The lowest BCUT2D eigenvalue weighted by atomic mass is 9.99. The maximum atomic E-state index is 10.5. The number of ether oxygens (including phenoxy) is 1. The maximum Gasteiger partial charge on any atom is 0.432 e. The number of hydrogen-bond acceptors (Lipinski definition) is 3. The molecule has 0 atom stereocenters. The van der Waals surface area contributed by atoms with Crippen molar-refractivity contribution in [1.82, 2.24) is 9.78 Å². The van der Waals surface area contributed by atoms with Gasteiger partial charge in [0.1, 0.15) is 0 Å². The summed E-state index contributed by atoms with van der Waals surface area (Å²) >= 11 is 0. The Balaban J connectivity index is 2.56. The minimum absolute atomic E-state index is 0.0347. The van der Waals surface area contributed by atoms with Crippen LogP contribution < -0.4 is 4.74 Å². The molecule has 1 N–H and O–H groups in total. The van der Waals surface area contributed by atoms with E-state index in [-0.39, 0.29) is 5.41 Å². The topological polar surface area (TPSA) is 64.3 Å². The van der Waals surface area contributed by atoms with Gasteiger partial charge < -0.3 is 9.84 Å². The highest BCUT2D eigenvalue weighted by molar-refractivity contribution is 5.66. The molecule has 78 valence electrons. The molecule has 1 rings (SSSR count). The third-order valence-corrected chi connectivity index (χ3v) is 1.41. The van der Waals surface area contributed by atoms with Crippen LogP contribution in [-0.4, -0.2) is 27.6 Å². The van der Waals surface area contributed by atoms with Crippen molar-refractivity contribution >= 4 is 6.09 Å². The van der Waals surface area contributed by atoms with Crippen molar-refractivity contribution in [2.24, 2.45) is 5.41 Å². The summed E-state index contributed by atoms with van der Waals surface area (Å²) in [4.78, 5) is 10.5. The molecular weight excluding hydrogens is 184 g/mol.